The maximum Gasteiger partial charge on any atom is 0.416 e. The van der Waals surface area contributed by atoms with Crippen molar-refractivity contribution in [3.63, 3.8) is 0 Å². The van der Waals surface area contributed by atoms with Gasteiger partial charge in [0.1, 0.15) is 0 Å². The Hall–Kier alpha value is -0.860. The summed E-state index contributed by atoms with van der Waals surface area (Å²) in [6, 6.07) is 2.56. The highest BCUT2D eigenvalue weighted by Gasteiger charge is 2.38. The van der Waals surface area contributed by atoms with Crippen molar-refractivity contribution >= 4 is 33.3 Å². The maximum absolute atomic E-state index is 13.1. The van der Waals surface area contributed by atoms with Crippen LogP contribution in [0.15, 0.2) is 16.6 Å². The van der Waals surface area contributed by atoms with E-state index in [1.165, 1.54) is 0 Å². The van der Waals surface area contributed by atoms with Crippen molar-refractivity contribution < 1.29 is 18.3 Å². The highest BCUT2D eigenvalue weighted by atomic mass is 79.9. The third kappa shape index (κ3) is 3.87. The predicted molar refractivity (Wildman–Crippen MR) is 81.0 cm³/mol. The summed E-state index contributed by atoms with van der Waals surface area (Å²) >= 11 is 8.19. The molecule has 0 saturated carbocycles. The van der Waals surface area contributed by atoms with Crippen LogP contribution in [-0.2, 0) is 12.6 Å². The van der Waals surface area contributed by atoms with Crippen LogP contribution in [0, 0.1) is 0 Å². The molecule has 0 saturated heterocycles. The monoisotopic (exact) mass is 382 g/mol. The fraction of sp³-hybridized carbons (Fsp3) is 0.462. The molecular formula is C13H14BrF3N2OS. The van der Waals surface area contributed by atoms with Crippen molar-refractivity contribution in [2.45, 2.75) is 25.1 Å². The third-order valence-electron chi connectivity index (χ3n) is 3.32. The Morgan fingerprint density at radius 1 is 1.43 bits per heavy atom. The number of fused-ring (bicyclic) bond motifs is 1. The van der Waals surface area contributed by atoms with Crippen molar-refractivity contribution in [3.8, 4) is 0 Å². The van der Waals surface area contributed by atoms with E-state index >= 15 is 0 Å². The maximum atomic E-state index is 13.1. The second kappa shape index (κ2) is 6.50. The van der Waals surface area contributed by atoms with Gasteiger partial charge in [0.25, 0.3) is 0 Å². The predicted octanol–water partition coefficient (Wildman–Crippen LogP) is 2.91. The second-order valence-corrected chi connectivity index (χ2v) is 6.06. The molecule has 0 radical (unpaired) electrons. The van der Waals surface area contributed by atoms with Gasteiger partial charge in [-0.05, 0) is 48.3 Å². The molecule has 1 aliphatic carbocycles. The number of benzene rings is 1. The largest absolute Gasteiger partial charge is 0.416 e. The zero-order chi connectivity index (χ0) is 15.6. The summed E-state index contributed by atoms with van der Waals surface area (Å²) in [6.45, 7) is 0.241. The minimum atomic E-state index is -4.36. The van der Waals surface area contributed by atoms with E-state index in [2.05, 4.69) is 26.6 Å². The first-order chi connectivity index (χ1) is 9.82. The zero-order valence-electron chi connectivity index (χ0n) is 10.9. The van der Waals surface area contributed by atoms with Gasteiger partial charge in [0.05, 0.1) is 18.2 Å². The number of aliphatic hydroxyl groups is 1. The summed E-state index contributed by atoms with van der Waals surface area (Å²) in [7, 11) is 0. The number of hydrogen-bond acceptors (Lipinski definition) is 2. The van der Waals surface area contributed by atoms with Gasteiger partial charge in [0, 0.05) is 11.0 Å². The van der Waals surface area contributed by atoms with Crippen molar-refractivity contribution in [2.24, 2.45) is 0 Å². The Balaban J connectivity index is 2.24. The number of alkyl halides is 3. The van der Waals surface area contributed by atoms with Crippen LogP contribution in [0.1, 0.15) is 29.2 Å². The van der Waals surface area contributed by atoms with E-state index in [1.54, 1.807) is 6.07 Å². The zero-order valence-corrected chi connectivity index (χ0v) is 13.3. The lowest BCUT2D eigenvalue weighted by Gasteiger charge is -2.18. The normalized spacial score (nSPS) is 17.5. The van der Waals surface area contributed by atoms with E-state index in [-0.39, 0.29) is 12.6 Å². The van der Waals surface area contributed by atoms with Gasteiger partial charge in [0.2, 0.25) is 0 Å². The summed E-state index contributed by atoms with van der Waals surface area (Å²) in [5.74, 6) is 0. The Kier molecular flexibility index (Phi) is 5.11. The summed E-state index contributed by atoms with van der Waals surface area (Å²) in [6.07, 6.45) is -3.45. The van der Waals surface area contributed by atoms with Gasteiger partial charge in [-0.25, -0.2) is 0 Å². The summed E-state index contributed by atoms with van der Waals surface area (Å²) < 4.78 is 39.6. The standard InChI is InChI=1S/C13H14BrF3N2OS/c14-7-5-9-8(10(6-7)13(15,16)17)1-2-11(9)19-12(21)18-3-4-20/h5-6,11,20H,1-4H2,(H2,18,19,21). The van der Waals surface area contributed by atoms with Gasteiger partial charge < -0.3 is 15.7 Å². The van der Waals surface area contributed by atoms with E-state index in [0.29, 0.717) is 40.1 Å². The molecule has 8 heteroatoms. The summed E-state index contributed by atoms with van der Waals surface area (Å²) in [5, 5.41) is 14.8. The number of hydrogen-bond donors (Lipinski definition) is 3. The molecule has 21 heavy (non-hydrogen) atoms. The molecule has 1 atom stereocenters. The van der Waals surface area contributed by atoms with Gasteiger partial charge in [-0.2, -0.15) is 13.2 Å². The Morgan fingerprint density at radius 3 is 2.76 bits per heavy atom. The molecule has 2 rings (SSSR count). The molecule has 0 spiro atoms. The lowest BCUT2D eigenvalue weighted by molar-refractivity contribution is -0.138. The minimum absolute atomic E-state index is 0.0627. The van der Waals surface area contributed by atoms with Crippen molar-refractivity contribution in [1.29, 1.82) is 0 Å². The SMILES string of the molecule is OCCNC(=S)NC1CCc2c1cc(Br)cc2C(F)(F)F. The highest BCUT2D eigenvalue weighted by molar-refractivity contribution is 9.10. The lowest BCUT2D eigenvalue weighted by atomic mass is 10.0. The van der Waals surface area contributed by atoms with Gasteiger partial charge in [-0.15, -0.1) is 0 Å². The quantitative estimate of drug-likeness (QED) is 0.703. The van der Waals surface area contributed by atoms with Crippen molar-refractivity contribution in [1.82, 2.24) is 10.6 Å². The molecule has 0 heterocycles. The van der Waals surface area contributed by atoms with E-state index in [0.717, 1.165) is 6.07 Å². The Labute approximate surface area is 134 Å². The van der Waals surface area contributed by atoms with E-state index in [9.17, 15) is 13.2 Å². The molecule has 0 amide bonds. The number of nitrogens with one attached hydrogen (secondary N) is 2. The van der Waals surface area contributed by atoms with E-state index in [4.69, 9.17) is 17.3 Å². The lowest BCUT2D eigenvalue weighted by Crippen LogP contribution is -2.38. The topological polar surface area (TPSA) is 44.3 Å². The van der Waals surface area contributed by atoms with Crippen LogP contribution < -0.4 is 10.6 Å². The first-order valence-electron chi connectivity index (χ1n) is 6.37. The van der Waals surface area contributed by atoms with Crippen LogP contribution in [0.25, 0.3) is 0 Å². The molecular weight excluding hydrogens is 369 g/mol. The van der Waals surface area contributed by atoms with Gasteiger partial charge in [-0.1, -0.05) is 15.9 Å². The van der Waals surface area contributed by atoms with Crippen LogP contribution in [0.5, 0.6) is 0 Å². The van der Waals surface area contributed by atoms with Gasteiger partial charge in [0.15, 0.2) is 5.11 Å². The fourth-order valence-electron chi connectivity index (χ4n) is 2.47. The molecule has 1 aromatic rings. The highest BCUT2D eigenvalue weighted by Crippen LogP contribution is 2.42. The molecule has 1 unspecified atom stereocenters. The van der Waals surface area contributed by atoms with Gasteiger partial charge in [-0.3, -0.25) is 0 Å². The molecule has 116 valence electrons. The minimum Gasteiger partial charge on any atom is -0.395 e. The fourth-order valence-corrected chi connectivity index (χ4v) is 3.19. The Bertz CT molecular complexity index is 551. The van der Waals surface area contributed by atoms with Crippen molar-refractivity contribution in [2.75, 3.05) is 13.2 Å². The molecule has 0 aliphatic heterocycles. The smallest absolute Gasteiger partial charge is 0.395 e. The van der Waals surface area contributed by atoms with E-state index < -0.39 is 11.7 Å². The number of thiocarbonyl (C=S) groups is 1. The van der Waals surface area contributed by atoms with Crippen LogP contribution in [0.2, 0.25) is 0 Å². The van der Waals surface area contributed by atoms with Gasteiger partial charge >= 0.3 is 6.18 Å². The average molecular weight is 383 g/mol. The van der Waals surface area contributed by atoms with Crippen LogP contribution in [0.4, 0.5) is 13.2 Å². The summed E-state index contributed by atoms with van der Waals surface area (Å²) in [4.78, 5) is 0. The molecule has 1 aliphatic rings. The van der Waals surface area contributed by atoms with Crippen LogP contribution >= 0.6 is 28.1 Å². The number of rotatable bonds is 3. The number of aliphatic hydroxyl groups excluding tert-OH is 1. The van der Waals surface area contributed by atoms with Crippen molar-refractivity contribution in [3.05, 3.63) is 33.3 Å². The third-order valence-corrected chi connectivity index (χ3v) is 4.04. The number of halogens is 4. The molecule has 3 nitrogen and oxygen atoms in total. The van der Waals surface area contributed by atoms with Crippen LogP contribution in [0.3, 0.4) is 0 Å². The summed E-state index contributed by atoms with van der Waals surface area (Å²) in [5.41, 5.74) is 0.350. The molecule has 0 bridgehead atoms. The van der Waals surface area contributed by atoms with Crippen LogP contribution in [-0.4, -0.2) is 23.4 Å². The molecule has 0 aromatic heterocycles. The molecule has 1 aromatic carbocycles. The molecule has 3 N–H and O–H groups in total. The molecule has 0 fully saturated rings. The first kappa shape index (κ1) is 16.5. The second-order valence-electron chi connectivity index (χ2n) is 4.73. The first-order valence-corrected chi connectivity index (χ1v) is 7.57. The van der Waals surface area contributed by atoms with E-state index in [1.807, 2.05) is 0 Å². The average Bonchev–Trinajstić information content (AvgIpc) is 2.77. The Morgan fingerprint density at radius 2 is 2.14 bits per heavy atom.